The highest BCUT2D eigenvalue weighted by atomic mass is 28.4. The van der Waals surface area contributed by atoms with Crippen molar-refractivity contribution in [2.45, 2.75) is 89.9 Å². The van der Waals surface area contributed by atoms with Crippen molar-refractivity contribution >= 4 is 31.0 Å². The van der Waals surface area contributed by atoms with Gasteiger partial charge in [-0.2, -0.15) is 0 Å². The molecule has 1 saturated carbocycles. The molecule has 1 fully saturated rings. The molecule has 0 saturated heterocycles. The monoisotopic (exact) mass is 445 g/mol. The van der Waals surface area contributed by atoms with E-state index in [0.29, 0.717) is 33.9 Å². The number of pyridine rings is 1. The summed E-state index contributed by atoms with van der Waals surface area (Å²) in [5.74, 6) is -0.443. The molecule has 0 unspecified atom stereocenters. The van der Waals surface area contributed by atoms with Crippen LogP contribution in [0.3, 0.4) is 0 Å². The van der Waals surface area contributed by atoms with Gasteiger partial charge in [0.05, 0.1) is 5.69 Å². The Bertz CT molecular complexity index is 872. The molecular weight excluding hydrogens is 406 g/mol. The highest BCUT2D eigenvalue weighted by Crippen LogP contribution is 2.43. The lowest BCUT2D eigenvalue weighted by Crippen LogP contribution is -2.49. The maximum absolute atomic E-state index is 11.8. The Morgan fingerprint density at radius 3 is 2.52 bits per heavy atom. The van der Waals surface area contributed by atoms with Crippen LogP contribution in [-0.2, 0) is 4.43 Å². The van der Waals surface area contributed by atoms with E-state index in [1.807, 2.05) is 6.07 Å². The van der Waals surface area contributed by atoms with Crippen LogP contribution in [0.4, 0.5) is 5.69 Å². The molecule has 2 aromatic heterocycles. The van der Waals surface area contributed by atoms with Gasteiger partial charge in [0.1, 0.15) is 11.2 Å². The number of anilines is 1. The van der Waals surface area contributed by atoms with E-state index < -0.39 is 14.3 Å². The molecule has 31 heavy (non-hydrogen) atoms. The summed E-state index contributed by atoms with van der Waals surface area (Å²) in [5.41, 5.74) is 3.38. The minimum absolute atomic E-state index is 0.233. The lowest BCUT2D eigenvalue weighted by atomic mass is 9.86. The van der Waals surface area contributed by atoms with Crippen LogP contribution in [0.5, 0.6) is 0 Å². The number of carboxylic acid groups (broad SMARTS) is 1. The molecule has 2 atom stereocenters. The molecule has 6 nitrogen and oxygen atoms in total. The molecule has 1 aliphatic rings. The largest absolute Gasteiger partial charge is 0.478 e. The number of aromatic carboxylic acids is 1. The van der Waals surface area contributed by atoms with Crippen molar-refractivity contribution in [1.82, 2.24) is 9.97 Å². The molecule has 0 amide bonds. The van der Waals surface area contributed by atoms with E-state index in [9.17, 15) is 9.90 Å². The van der Waals surface area contributed by atoms with Gasteiger partial charge in [-0.1, -0.05) is 48.0 Å². The van der Waals surface area contributed by atoms with Gasteiger partial charge in [-0.15, -0.1) is 0 Å². The van der Waals surface area contributed by atoms with Crippen LogP contribution < -0.4 is 5.32 Å². The third-order valence-corrected chi connectivity index (χ3v) is 13.3. The van der Waals surface area contributed by atoms with Crippen molar-refractivity contribution in [1.29, 1.82) is 0 Å². The van der Waals surface area contributed by atoms with Gasteiger partial charge in [0.2, 0.25) is 0 Å². The molecule has 0 aliphatic heterocycles. The Kier molecular flexibility index (Phi) is 7.47. The number of nitrogens with one attached hydrogen (secondary N) is 2. The van der Waals surface area contributed by atoms with Gasteiger partial charge in [-0.25, -0.2) is 9.78 Å². The lowest BCUT2D eigenvalue weighted by molar-refractivity contribution is 0.0697. The van der Waals surface area contributed by atoms with Crippen LogP contribution in [0.15, 0.2) is 18.5 Å². The molecule has 0 radical (unpaired) electrons. The minimum Gasteiger partial charge on any atom is -0.478 e. The van der Waals surface area contributed by atoms with Crippen molar-refractivity contribution in [3.63, 3.8) is 0 Å². The number of hydrogen-bond acceptors (Lipinski definition) is 4. The SMILES string of the molecule is CC(C)[Si](OC[C@@H]1CCC[C@H](Nc2c(C(=O)O)cnc3[nH]ccc23)C1)(C(C)C)C(C)C. The van der Waals surface area contributed by atoms with Gasteiger partial charge in [0, 0.05) is 30.4 Å². The quantitative estimate of drug-likeness (QED) is 0.387. The fourth-order valence-electron chi connectivity index (χ4n) is 5.87. The number of carbonyl (C=O) groups is 1. The number of hydrogen-bond donors (Lipinski definition) is 3. The van der Waals surface area contributed by atoms with E-state index in [-0.39, 0.29) is 11.6 Å². The second-order valence-corrected chi connectivity index (χ2v) is 15.6. The normalized spacial score (nSPS) is 20.2. The second kappa shape index (κ2) is 9.73. The molecule has 172 valence electrons. The van der Waals surface area contributed by atoms with Gasteiger partial charge < -0.3 is 19.8 Å². The van der Waals surface area contributed by atoms with Crippen LogP contribution in [0, 0.1) is 5.92 Å². The summed E-state index contributed by atoms with van der Waals surface area (Å²) >= 11 is 0. The molecule has 7 heteroatoms. The summed E-state index contributed by atoms with van der Waals surface area (Å²) in [7, 11) is -1.87. The van der Waals surface area contributed by atoms with E-state index >= 15 is 0 Å². The molecule has 1 aliphatic carbocycles. The average Bonchev–Trinajstić information content (AvgIpc) is 3.17. The number of fused-ring (bicyclic) bond motifs is 1. The topological polar surface area (TPSA) is 87.2 Å². The molecule has 0 spiro atoms. The third-order valence-electron chi connectivity index (χ3n) is 7.22. The fourth-order valence-corrected chi connectivity index (χ4v) is 11.4. The van der Waals surface area contributed by atoms with Gasteiger partial charge >= 0.3 is 5.97 Å². The first-order chi connectivity index (χ1) is 14.7. The van der Waals surface area contributed by atoms with Crippen LogP contribution in [0.25, 0.3) is 11.0 Å². The summed E-state index contributed by atoms with van der Waals surface area (Å²) in [6, 6.07) is 2.14. The zero-order chi connectivity index (χ0) is 22.8. The smallest absolute Gasteiger partial charge is 0.339 e. The fraction of sp³-hybridized carbons (Fsp3) is 0.667. The Morgan fingerprint density at radius 2 is 1.90 bits per heavy atom. The van der Waals surface area contributed by atoms with E-state index in [4.69, 9.17) is 4.43 Å². The third kappa shape index (κ3) is 4.82. The highest BCUT2D eigenvalue weighted by Gasteiger charge is 2.45. The summed E-state index contributed by atoms with van der Waals surface area (Å²) in [5, 5.41) is 14.1. The standard InChI is InChI=1S/C24H39N3O3Si/c1-15(2)31(16(3)4,17(5)6)30-14-18-8-7-9-19(12-18)27-22-20-10-11-25-23(20)26-13-21(22)24(28)29/h10-11,13,15-19H,7-9,12,14H2,1-6H3,(H,28,29)(H2,25,26,27)/t18-,19+/m1/s1. The number of aromatic nitrogens is 2. The van der Waals surface area contributed by atoms with Crippen LogP contribution in [-0.4, -0.2) is 42.0 Å². The summed E-state index contributed by atoms with van der Waals surface area (Å²) in [6.45, 7) is 14.8. The summed E-state index contributed by atoms with van der Waals surface area (Å²) in [4.78, 5) is 19.1. The maximum Gasteiger partial charge on any atom is 0.339 e. The van der Waals surface area contributed by atoms with E-state index in [1.165, 1.54) is 12.6 Å². The Morgan fingerprint density at radius 1 is 1.23 bits per heavy atom. The number of carboxylic acids is 1. The first-order valence-corrected chi connectivity index (χ1v) is 13.9. The summed E-state index contributed by atoms with van der Waals surface area (Å²) in [6.07, 6.45) is 7.62. The number of nitrogens with zero attached hydrogens (tertiary/aromatic N) is 1. The first kappa shape index (κ1) is 23.8. The Balaban J connectivity index is 1.73. The van der Waals surface area contributed by atoms with Gasteiger partial charge in [0.25, 0.3) is 0 Å². The predicted octanol–water partition coefficient (Wildman–Crippen LogP) is 6.42. The van der Waals surface area contributed by atoms with Gasteiger partial charge in [-0.05, 0) is 47.9 Å². The first-order valence-electron chi connectivity index (χ1n) is 11.8. The number of aromatic amines is 1. The minimum atomic E-state index is -1.87. The van der Waals surface area contributed by atoms with E-state index in [1.54, 1.807) is 6.20 Å². The Hall–Kier alpha value is -1.86. The van der Waals surface area contributed by atoms with Crippen LogP contribution in [0.2, 0.25) is 16.6 Å². The van der Waals surface area contributed by atoms with E-state index in [2.05, 4.69) is 56.8 Å². The van der Waals surface area contributed by atoms with E-state index in [0.717, 1.165) is 31.3 Å². The molecule has 0 bridgehead atoms. The maximum atomic E-state index is 11.8. The number of H-pyrrole nitrogens is 1. The zero-order valence-corrected chi connectivity index (χ0v) is 20.9. The van der Waals surface area contributed by atoms with Crippen molar-refractivity contribution in [2.75, 3.05) is 11.9 Å². The summed E-state index contributed by atoms with van der Waals surface area (Å²) < 4.78 is 6.87. The highest BCUT2D eigenvalue weighted by molar-refractivity contribution is 6.77. The van der Waals surface area contributed by atoms with Crippen molar-refractivity contribution in [3.05, 3.63) is 24.0 Å². The molecule has 3 N–H and O–H groups in total. The molecule has 2 aromatic rings. The molecule has 3 rings (SSSR count). The van der Waals surface area contributed by atoms with Gasteiger partial charge in [-0.3, -0.25) is 0 Å². The average molecular weight is 446 g/mol. The van der Waals surface area contributed by atoms with Gasteiger partial charge in [0.15, 0.2) is 8.32 Å². The number of rotatable bonds is 9. The van der Waals surface area contributed by atoms with Crippen molar-refractivity contribution < 1.29 is 14.3 Å². The molecule has 0 aromatic carbocycles. The van der Waals surface area contributed by atoms with Crippen molar-refractivity contribution in [2.24, 2.45) is 5.92 Å². The Labute approximate surface area is 187 Å². The predicted molar refractivity (Wildman–Crippen MR) is 129 cm³/mol. The van der Waals surface area contributed by atoms with Crippen molar-refractivity contribution in [3.8, 4) is 0 Å². The second-order valence-electron chi connectivity index (χ2n) is 10.1. The molecule has 2 heterocycles. The zero-order valence-electron chi connectivity index (χ0n) is 19.9. The van der Waals surface area contributed by atoms with Crippen LogP contribution in [0.1, 0.15) is 77.6 Å². The molecular formula is C24H39N3O3Si. The lowest BCUT2D eigenvalue weighted by Gasteiger charge is -2.43. The van der Waals surface area contributed by atoms with Crippen LogP contribution >= 0.6 is 0 Å².